The van der Waals surface area contributed by atoms with Gasteiger partial charge in [0.25, 0.3) is 5.91 Å². The van der Waals surface area contributed by atoms with Crippen LogP contribution in [0, 0.1) is 19.3 Å². The molecule has 0 fully saturated rings. The van der Waals surface area contributed by atoms with Crippen LogP contribution in [0.15, 0.2) is 47.8 Å². The van der Waals surface area contributed by atoms with E-state index in [2.05, 4.69) is 34.9 Å². The smallest absolute Gasteiger partial charge is 0.262 e. The molecule has 1 atom stereocenters. The Kier molecular flexibility index (Phi) is 6.24. The average Bonchev–Trinajstić information content (AvgIpc) is 3.29. The first-order valence-corrected chi connectivity index (χ1v) is 11.2. The van der Waals surface area contributed by atoms with Gasteiger partial charge in [0.1, 0.15) is 0 Å². The molecule has 6 heteroatoms. The fraction of sp³-hybridized carbons (Fsp3) is 0.304. The minimum Gasteiger partial charge on any atom is -0.340 e. The molecule has 4 nitrogen and oxygen atoms in total. The van der Waals surface area contributed by atoms with Gasteiger partial charge < -0.3 is 10.6 Å². The number of rotatable bonds is 5. The van der Waals surface area contributed by atoms with Gasteiger partial charge in [-0.25, -0.2) is 0 Å². The summed E-state index contributed by atoms with van der Waals surface area (Å²) in [5.74, 6) is -0.204. The second-order valence-corrected chi connectivity index (χ2v) is 10.2. The van der Waals surface area contributed by atoms with Crippen molar-refractivity contribution in [3.05, 3.63) is 74.3 Å². The number of benzene rings is 1. The summed E-state index contributed by atoms with van der Waals surface area (Å²) in [5.41, 5.74) is 2.58. The van der Waals surface area contributed by atoms with E-state index in [0.29, 0.717) is 9.88 Å². The molecule has 2 aromatic heterocycles. The Hall–Kier alpha value is -2.44. The van der Waals surface area contributed by atoms with Crippen LogP contribution in [0.4, 0.5) is 5.00 Å². The molecule has 1 unspecified atom stereocenters. The van der Waals surface area contributed by atoms with Crippen LogP contribution < -0.4 is 10.6 Å². The lowest BCUT2D eigenvalue weighted by Gasteiger charge is -2.18. The molecule has 3 aromatic rings. The van der Waals surface area contributed by atoms with Crippen molar-refractivity contribution in [1.82, 2.24) is 5.32 Å². The Morgan fingerprint density at radius 3 is 2.31 bits per heavy atom. The highest BCUT2D eigenvalue weighted by atomic mass is 32.1. The molecule has 0 saturated carbocycles. The zero-order valence-corrected chi connectivity index (χ0v) is 19.0. The van der Waals surface area contributed by atoms with Crippen molar-refractivity contribution in [2.45, 2.75) is 40.7 Å². The SMILES string of the molecule is Cc1ccc(C(NC(=O)c2sc(NC(=O)C(C)(C)C)cc2C)c2cccs2)cc1. The molecule has 2 amide bonds. The van der Waals surface area contributed by atoms with Crippen molar-refractivity contribution in [3.63, 3.8) is 0 Å². The lowest BCUT2D eigenvalue weighted by Crippen LogP contribution is -2.28. The minimum absolute atomic E-state index is 0.0678. The molecule has 0 aliphatic heterocycles. The number of anilines is 1. The van der Waals surface area contributed by atoms with E-state index < -0.39 is 5.41 Å². The third-order valence-electron chi connectivity index (χ3n) is 4.56. The summed E-state index contributed by atoms with van der Waals surface area (Å²) in [6.45, 7) is 9.53. The summed E-state index contributed by atoms with van der Waals surface area (Å²) in [5, 5.41) is 8.80. The standard InChI is InChI=1S/C23H26N2O2S2/c1-14-8-10-16(11-9-14)19(17-7-6-12-28-17)25-21(26)20-15(2)13-18(29-20)24-22(27)23(3,4)5/h6-13,19H,1-5H3,(H,24,27)(H,25,26). The van der Waals surface area contributed by atoms with Crippen LogP contribution in [0.25, 0.3) is 0 Å². The van der Waals surface area contributed by atoms with Crippen molar-refractivity contribution in [2.75, 3.05) is 5.32 Å². The van der Waals surface area contributed by atoms with Crippen LogP contribution in [0.5, 0.6) is 0 Å². The molecular weight excluding hydrogens is 400 g/mol. The van der Waals surface area contributed by atoms with E-state index in [1.54, 1.807) is 11.3 Å². The van der Waals surface area contributed by atoms with Gasteiger partial charge in [0.05, 0.1) is 15.9 Å². The quantitative estimate of drug-likeness (QED) is 0.531. The molecule has 0 aliphatic carbocycles. The monoisotopic (exact) mass is 426 g/mol. The zero-order valence-electron chi connectivity index (χ0n) is 17.3. The fourth-order valence-corrected chi connectivity index (χ4v) is 4.57. The van der Waals surface area contributed by atoms with E-state index in [1.807, 2.05) is 58.2 Å². The van der Waals surface area contributed by atoms with Gasteiger partial charge in [-0.05, 0) is 42.5 Å². The number of nitrogens with one attached hydrogen (secondary N) is 2. The third kappa shape index (κ3) is 5.14. The highest BCUT2D eigenvalue weighted by Crippen LogP contribution is 2.31. The van der Waals surface area contributed by atoms with E-state index in [9.17, 15) is 9.59 Å². The molecule has 2 heterocycles. The number of carbonyl (C=O) groups excluding carboxylic acids is 2. The molecular formula is C23H26N2O2S2. The molecule has 0 spiro atoms. The van der Waals surface area contributed by atoms with Gasteiger partial charge in [0, 0.05) is 10.3 Å². The molecule has 3 rings (SSSR count). The minimum atomic E-state index is -0.490. The van der Waals surface area contributed by atoms with E-state index in [4.69, 9.17) is 0 Å². The van der Waals surface area contributed by atoms with Gasteiger partial charge in [0.15, 0.2) is 0 Å². The van der Waals surface area contributed by atoms with E-state index in [1.165, 1.54) is 16.9 Å². The summed E-state index contributed by atoms with van der Waals surface area (Å²) >= 11 is 2.93. The number of amides is 2. The molecule has 1 aromatic carbocycles. The number of hydrogen-bond donors (Lipinski definition) is 2. The van der Waals surface area contributed by atoms with Gasteiger partial charge in [-0.15, -0.1) is 22.7 Å². The van der Waals surface area contributed by atoms with Gasteiger partial charge in [0.2, 0.25) is 5.91 Å². The van der Waals surface area contributed by atoms with Crippen LogP contribution in [0.3, 0.4) is 0 Å². The third-order valence-corrected chi connectivity index (χ3v) is 6.64. The van der Waals surface area contributed by atoms with Crippen molar-refractivity contribution >= 4 is 39.5 Å². The maximum atomic E-state index is 13.1. The molecule has 0 bridgehead atoms. The topological polar surface area (TPSA) is 58.2 Å². The predicted molar refractivity (Wildman–Crippen MR) is 122 cm³/mol. The second-order valence-electron chi connectivity index (χ2n) is 8.16. The van der Waals surface area contributed by atoms with Gasteiger partial charge in [-0.1, -0.05) is 56.7 Å². The Morgan fingerprint density at radius 1 is 1.03 bits per heavy atom. The molecule has 2 N–H and O–H groups in total. The van der Waals surface area contributed by atoms with Crippen molar-refractivity contribution in [1.29, 1.82) is 0 Å². The van der Waals surface area contributed by atoms with Gasteiger partial charge >= 0.3 is 0 Å². The number of thiophene rings is 2. The van der Waals surface area contributed by atoms with E-state index in [-0.39, 0.29) is 17.9 Å². The predicted octanol–water partition coefficient (Wildman–Crippen LogP) is 5.93. The molecule has 152 valence electrons. The summed E-state index contributed by atoms with van der Waals surface area (Å²) in [6, 6.07) is 13.9. The van der Waals surface area contributed by atoms with Gasteiger partial charge in [-0.2, -0.15) is 0 Å². The fourth-order valence-electron chi connectivity index (χ4n) is 2.80. The Balaban J connectivity index is 1.83. The largest absolute Gasteiger partial charge is 0.340 e. The van der Waals surface area contributed by atoms with Crippen LogP contribution >= 0.6 is 22.7 Å². The Bertz CT molecular complexity index is 997. The summed E-state index contributed by atoms with van der Waals surface area (Å²) in [7, 11) is 0. The molecule has 29 heavy (non-hydrogen) atoms. The first-order chi connectivity index (χ1) is 13.6. The van der Waals surface area contributed by atoms with Crippen molar-refractivity contribution < 1.29 is 9.59 Å². The number of hydrogen-bond acceptors (Lipinski definition) is 4. The molecule has 0 aliphatic rings. The lowest BCUT2D eigenvalue weighted by atomic mass is 9.96. The summed E-state index contributed by atoms with van der Waals surface area (Å²) < 4.78 is 0. The first kappa shape index (κ1) is 21.3. The summed E-state index contributed by atoms with van der Waals surface area (Å²) in [4.78, 5) is 27.1. The Labute approximate surface area is 180 Å². The highest BCUT2D eigenvalue weighted by Gasteiger charge is 2.24. The summed E-state index contributed by atoms with van der Waals surface area (Å²) in [6.07, 6.45) is 0. The lowest BCUT2D eigenvalue weighted by molar-refractivity contribution is -0.123. The van der Waals surface area contributed by atoms with Crippen LogP contribution in [-0.2, 0) is 4.79 Å². The van der Waals surface area contributed by atoms with Crippen LogP contribution in [0.2, 0.25) is 0 Å². The average molecular weight is 427 g/mol. The first-order valence-electron chi connectivity index (χ1n) is 9.48. The molecule has 0 saturated heterocycles. The van der Waals surface area contributed by atoms with Crippen LogP contribution in [-0.4, -0.2) is 11.8 Å². The maximum Gasteiger partial charge on any atom is 0.262 e. The molecule has 0 radical (unpaired) electrons. The van der Waals surface area contributed by atoms with Crippen molar-refractivity contribution in [2.24, 2.45) is 5.41 Å². The highest BCUT2D eigenvalue weighted by molar-refractivity contribution is 7.18. The van der Waals surface area contributed by atoms with Gasteiger partial charge in [-0.3, -0.25) is 9.59 Å². The zero-order chi connectivity index (χ0) is 21.2. The van der Waals surface area contributed by atoms with E-state index in [0.717, 1.165) is 16.0 Å². The second kappa shape index (κ2) is 8.51. The number of aryl methyl sites for hydroxylation is 2. The normalized spacial score (nSPS) is 12.4. The Morgan fingerprint density at radius 2 is 1.72 bits per heavy atom. The van der Waals surface area contributed by atoms with Crippen LogP contribution in [0.1, 0.15) is 58.1 Å². The maximum absolute atomic E-state index is 13.1. The van der Waals surface area contributed by atoms with Crippen molar-refractivity contribution in [3.8, 4) is 0 Å². The van der Waals surface area contributed by atoms with E-state index >= 15 is 0 Å². The number of carbonyl (C=O) groups is 2.